The third-order valence-corrected chi connectivity index (χ3v) is 1.82. The number of aromatic nitrogens is 2. The Morgan fingerprint density at radius 3 is 2.18 bits per heavy atom. The van der Waals surface area contributed by atoms with Gasteiger partial charge < -0.3 is 22.9 Å². The monoisotopic (exact) mass is 236 g/mol. The van der Waals surface area contributed by atoms with Crippen molar-refractivity contribution in [1.29, 1.82) is 0 Å². The average molecular weight is 236 g/mol. The maximum absolute atomic E-state index is 10.9. The van der Waals surface area contributed by atoms with E-state index in [4.69, 9.17) is 22.9 Å². The third kappa shape index (κ3) is 2.65. The lowest BCUT2D eigenvalue weighted by atomic mass is 10.2. The molecule has 8 N–H and O–H groups in total. The summed E-state index contributed by atoms with van der Waals surface area (Å²) in [6, 6.07) is 0. The predicted octanol–water partition coefficient (Wildman–Crippen LogP) is -2.14. The number of aliphatic imine (C=N–C) groups is 2. The van der Waals surface area contributed by atoms with Gasteiger partial charge in [0.1, 0.15) is 29.4 Å². The molecule has 0 aliphatic heterocycles. The summed E-state index contributed by atoms with van der Waals surface area (Å²) < 4.78 is 0. The second kappa shape index (κ2) is 4.88. The maximum Gasteiger partial charge on any atom is 0.286 e. The Bertz CT molecular complexity index is 486. The van der Waals surface area contributed by atoms with Crippen molar-refractivity contribution in [3.63, 3.8) is 0 Å². The van der Waals surface area contributed by atoms with Crippen LogP contribution >= 0.6 is 0 Å². The van der Waals surface area contributed by atoms with E-state index in [0.717, 1.165) is 0 Å². The molecule has 0 radical (unpaired) electrons. The van der Waals surface area contributed by atoms with E-state index in [1.807, 2.05) is 0 Å². The second-order valence-corrected chi connectivity index (χ2v) is 2.93. The molecule has 0 atom stereocenters. The summed E-state index contributed by atoms with van der Waals surface area (Å²) in [6.45, 7) is 0. The van der Waals surface area contributed by atoms with E-state index < -0.39 is 5.91 Å². The van der Waals surface area contributed by atoms with Gasteiger partial charge in [0.05, 0.1) is 0 Å². The van der Waals surface area contributed by atoms with Crippen LogP contribution in [0.2, 0.25) is 0 Å². The number of nitrogen functional groups attached to an aromatic ring is 2. The highest BCUT2D eigenvalue weighted by Gasteiger charge is 2.13. The summed E-state index contributed by atoms with van der Waals surface area (Å²) in [5, 5.41) is 0. The van der Waals surface area contributed by atoms with Crippen LogP contribution in [0.5, 0.6) is 0 Å². The smallest absolute Gasteiger partial charge is 0.286 e. The van der Waals surface area contributed by atoms with Gasteiger partial charge in [0.2, 0.25) is 5.84 Å². The zero-order valence-electron chi connectivity index (χ0n) is 9.08. The first kappa shape index (κ1) is 12.4. The number of primary amides is 1. The molecule has 9 nitrogen and oxygen atoms in total. The molecule has 0 aromatic carbocycles. The SMILES string of the molecule is CN=C(N=C(N)c1c(N)ncnc1N)C(N)=O. The molecule has 17 heavy (non-hydrogen) atoms. The van der Waals surface area contributed by atoms with Crippen LogP contribution in [-0.2, 0) is 4.79 Å². The van der Waals surface area contributed by atoms with E-state index in [2.05, 4.69) is 20.0 Å². The molecule has 0 saturated carbocycles. The van der Waals surface area contributed by atoms with Crippen LogP contribution in [-0.4, -0.2) is 34.6 Å². The molecule has 1 aromatic rings. The van der Waals surface area contributed by atoms with Gasteiger partial charge in [-0.1, -0.05) is 0 Å². The summed E-state index contributed by atoms with van der Waals surface area (Å²) in [7, 11) is 1.35. The largest absolute Gasteiger partial charge is 0.383 e. The van der Waals surface area contributed by atoms with E-state index >= 15 is 0 Å². The number of nitrogens with two attached hydrogens (primary N) is 4. The number of hydrogen-bond acceptors (Lipinski definition) is 6. The van der Waals surface area contributed by atoms with Crippen molar-refractivity contribution in [3.8, 4) is 0 Å². The fourth-order valence-corrected chi connectivity index (χ4v) is 1.06. The molecule has 1 amide bonds. The lowest BCUT2D eigenvalue weighted by Crippen LogP contribution is -2.27. The van der Waals surface area contributed by atoms with Crippen molar-refractivity contribution in [2.24, 2.45) is 21.5 Å². The molecule has 1 rings (SSSR count). The highest BCUT2D eigenvalue weighted by Crippen LogP contribution is 2.12. The molecule has 9 heteroatoms. The van der Waals surface area contributed by atoms with Crippen LogP contribution in [0.15, 0.2) is 16.3 Å². The van der Waals surface area contributed by atoms with Crippen molar-refractivity contribution in [1.82, 2.24) is 9.97 Å². The first-order chi connectivity index (χ1) is 7.97. The Labute approximate surface area is 96.6 Å². The zero-order chi connectivity index (χ0) is 13.0. The lowest BCUT2D eigenvalue weighted by molar-refractivity contribution is -0.112. The summed E-state index contributed by atoms with van der Waals surface area (Å²) >= 11 is 0. The van der Waals surface area contributed by atoms with Crippen molar-refractivity contribution < 1.29 is 4.79 Å². The Morgan fingerprint density at radius 1 is 1.24 bits per heavy atom. The number of rotatable bonds is 1. The van der Waals surface area contributed by atoms with Crippen LogP contribution in [0, 0.1) is 0 Å². The van der Waals surface area contributed by atoms with E-state index in [0.29, 0.717) is 0 Å². The first-order valence-corrected chi connectivity index (χ1v) is 4.44. The Hall–Kier alpha value is -2.71. The van der Waals surface area contributed by atoms with Crippen LogP contribution < -0.4 is 22.9 Å². The molecule has 0 saturated heterocycles. The lowest BCUT2D eigenvalue weighted by Gasteiger charge is -2.06. The fraction of sp³-hybridized carbons (Fsp3) is 0.125. The number of amidine groups is 2. The van der Waals surface area contributed by atoms with Gasteiger partial charge in [0.25, 0.3) is 5.91 Å². The van der Waals surface area contributed by atoms with E-state index in [1.165, 1.54) is 13.4 Å². The average Bonchev–Trinajstić information content (AvgIpc) is 2.25. The third-order valence-electron chi connectivity index (χ3n) is 1.82. The first-order valence-electron chi connectivity index (χ1n) is 4.44. The topological polar surface area (TPSA) is 172 Å². The summed E-state index contributed by atoms with van der Waals surface area (Å²) in [5.74, 6) is -1.08. The Morgan fingerprint density at radius 2 is 1.76 bits per heavy atom. The molecular weight excluding hydrogens is 224 g/mol. The van der Waals surface area contributed by atoms with Gasteiger partial charge in [0, 0.05) is 7.05 Å². The number of nitrogens with zero attached hydrogens (tertiary/aromatic N) is 4. The van der Waals surface area contributed by atoms with Gasteiger partial charge in [-0.3, -0.25) is 9.79 Å². The van der Waals surface area contributed by atoms with Gasteiger partial charge in [-0.25, -0.2) is 15.0 Å². The van der Waals surface area contributed by atoms with Gasteiger partial charge >= 0.3 is 0 Å². The normalized spacial score (nSPS) is 12.5. The number of carbonyl (C=O) groups excluding carboxylic acids is 1. The summed E-state index contributed by atoms with van der Waals surface area (Å²) in [4.78, 5) is 25.6. The maximum atomic E-state index is 10.9. The molecule has 90 valence electrons. The van der Waals surface area contributed by atoms with E-state index in [1.54, 1.807) is 0 Å². The Balaban J connectivity index is 3.25. The van der Waals surface area contributed by atoms with E-state index in [9.17, 15) is 4.79 Å². The quantitative estimate of drug-likeness (QED) is 0.320. The molecule has 1 heterocycles. The molecule has 0 spiro atoms. The highest BCUT2D eigenvalue weighted by atomic mass is 16.1. The van der Waals surface area contributed by atoms with Crippen LogP contribution in [0.3, 0.4) is 0 Å². The molecule has 0 aliphatic rings. The van der Waals surface area contributed by atoms with Gasteiger partial charge in [-0.2, -0.15) is 0 Å². The van der Waals surface area contributed by atoms with Crippen LogP contribution in [0.1, 0.15) is 5.56 Å². The molecular formula is C8H12N8O. The van der Waals surface area contributed by atoms with Crippen molar-refractivity contribution in [2.45, 2.75) is 0 Å². The van der Waals surface area contributed by atoms with Gasteiger partial charge in [-0.15, -0.1) is 0 Å². The summed E-state index contributed by atoms with van der Waals surface area (Å²) in [6.07, 6.45) is 1.18. The minimum Gasteiger partial charge on any atom is -0.383 e. The predicted molar refractivity (Wildman–Crippen MR) is 64.1 cm³/mol. The van der Waals surface area contributed by atoms with Crippen LogP contribution in [0.4, 0.5) is 11.6 Å². The standard InChI is InChI=1S/C8H12N8O/c1-13-8(7(12)17)16-6(11)3-4(9)14-2-15-5(3)10/h2H,1H3,(H2,12,17)(H2,11,13,16)(H4,9,10,14,15). The van der Waals surface area contributed by atoms with Crippen molar-refractivity contribution in [2.75, 3.05) is 18.5 Å². The minimum absolute atomic E-state index is 0.0543. The van der Waals surface area contributed by atoms with Crippen molar-refractivity contribution in [3.05, 3.63) is 11.9 Å². The van der Waals surface area contributed by atoms with Gasteiger partial charge in [-0.05, 0) is 0 Å². The number of amides is 1. The number of hydrogen-bond donors (Lipinski definition) is 4. The number of carbonyl (C=O) groups is 1. The number of anilines is 2. The van der Waals surface area contributed by atoms with Gasteiger partial charge in [0.15, 0.2) is 0 Å². The molecule has 0 aliphatic carbocycles. The van der Waals surface area contributed by atoms with Crippen molar-refractivity contribution >= 4 is 29.2 Å². The minimum atomic E-state index is -0.815. The van der Waals surface area contributed by atoms with Crippen LogP contribution in [0.25, 0.3) is 0 Å². The molecule has 0 bridgehead atoms. The highest BCUT2D eigenvalue weighted by molar-refractivity contribution is 6.39. The van der Waals surface area contributed by atoms with E-state index in [-0.39, 0.29) is 28.9 Å². The Kier molecular flexibility index (Phi) is 3.55. The fourth-order valence-electron chi connectivity index (χ4n) is 1.06. The molecule has 1 aromatic heterocycles. The molecule has 0 fully saturated rings. The molecule has 0 unspecified atom stereocenters. The second-order valence-electron chi connectivity index (χ2n) is 2.93. The summed E-state index contributed by atoms with van der Waals surface area (Å²) in [5.41, 5.74) is 21.9. The zero-order valence-corrected chi connectivity index (χ0v) is 9.08.